The summed E-state index contributed by atoms with van der Waals surface area (Å²) in [5.41, 5.74) is 29.5. The van der Waals surface area contributed by atoms with E-state index in [2.05, 4.69) is 72.8 Å². The topological polar surface area (TPSA) is 52.0 Å². The van der Waals surface area contributed by atoms with Gasteiger partial charge in [0.25, 0.3) is 0 Å². The minimum absolute atomic E-state index is 0.488. The molecule has 3 aliphatic carbocycles. The smallest absolute Gasteiger partial charge is 0.0352 e. The summed E-state index contributed by atoms with van der Waals surface area (Å²) >= 11 is 0. The van der Waals surface area contributed by atoms with Crippen LogP contribution in [0.1, 0.15) is 70.9 Å². The first-order valence-corrected chi connectivity index (χ1v) is 12.7. The molecular formula is C32H30N2. The number of nitrogens with two attached hydrogens (primary N) is 2. The molecule has 0 aliphatic heterocycles. The maximum Gasteiger partial charge on any atom is 0.0352 e. The normalized spacial score (nSPS) is 19.9. The number of benzene rings is 4. The lowest BCUT2D eigenvalue weighted by molar-refractivity contribution is 0.393. The largest absolute Gasteiger partial charge is 0.398 e. The van der Waals surface area contributed by atoms with Crippen molar-refractivity contribution in [2.24, 2.45) is 0 Å². The lowest BCUT2D eigenvalue weighted by Crippen LogP contribution is -2.18. The molecule has 4 aromatic rings. The van der Waals surface area contributed by atoms with E-state index in [1.54, 1.807) is 0 Å². The van der Waals surface area contributed by atoms with Gasteiger partial charge in [0.1, 0.15) is 0 Å². The summed E-state index contributed by atoms with van der Waals surface area (Å²) in [5.74, 6) is 0.976. The average Bonchev–Trinajstić information content (AvgIpc) is 3.42. The molecule has 168 valence electrons. The van der Waals surface area contributed by atoms with Gasteiger partial charge in [-0.1, -0.05) is 67.1 Å². The van der Waals surface area contributed by atoms with Gasteiger partial charge in [0, 0.05) is 11.4 Å². The van der Waals surface area contributed by atoms with Crippen LogP contribution in [-0.4, -0.2) is 0 Å². The fraction of sp³-hybridized carbons (Fsp3) is 0.250. The molecule has 0 aromatic heterocycles. The van der Waals surface area contributed by atoms with Gasteiger partial charge in [0.2, 0.25) is 0 Å². The van der Waals surface area contributed by atoms with Gasteiger partial charge < -0.3 is 11.5 Å². The van der Waals surface area contributed by atoms with Crippen LogP contribution < -0.4 is 11.5 Å². The zero-order chi connectivity index (χ0) is 22.8. The van der Waals surface area contributed by atoms with Crippen molar-refractivity contribution in [3.63, 3.8) is 0 Å². The van der Waals surface area contributed by atoms with E-state index in [1.807, 2.05) is 0 Å². The second-order valence-corrected chi connectivity index (χ2v) is 10.4. The molecule has 0 bridgehead atoms. The highest BCUT2D eigenvalue weighted by Gasteiger charge is 2.33. The van der Waals surface area contributed by atoms with E-state index >= 15 is 0 Å². The molecule has 3 aliphatic rings. The van der Waals surface area contributed by atoms with Crippen molar-refractivity contribution in [3.05, 3.63) is 106 Å². The monoisotopic (exact) mass is 442 g/mol. The quantitative estimate of drug-likeness (QED) is 0.274. The van der Waals surface area contributed by atoms with E-state index in [0.717, 1.165) is 30.6 Å². The molecule has 34 heavy (non-hydrogen) atoms. The zero-order valence-corrected chi connectivity index (χ0v) is 19.5. The Balaban J connectivity index is 1.28. The van der Waals surface area contributed by atoms with Gasteiger partial charge in [-0.3, -0.25) is 0 Å². The first kappa shape index (κ1) is 19.9. The Hall–Kier alpha value is -3.52. The molecule has 0 amide bonds. The Bertz CT molecular complexity index is 1340. The van der Waals surface area contributed by atoms with Crippen molar-refractivity contribution >= 4 is 11.4 Å². The molecule has 0 saturated heterocycles. The summed E-state index contributed by atoms with van der Waals surface area (Å²) < 4.78 is 0. The van der Waals surface area contributed by atoms with Gasteiger partial charge in [-0.25, -0.2) is 0 Å². The summed E-state index contributed by atoms with van der Waals surface area (Å²) in [6.07, 6.45) is 6.79. The van der Waals surface area contributed by atoms with Crippen molar-refractivity contribution in [2.45, 2.75) is 50.4 Å². The Morgan fingerprint density at radius 2 is 1.00 bits per heavy atom. The molecule has 0 spiro atoms. The van der Waals surface area contributed by atoms with Crippen LogP contribution in [-0.2, 0) is 12.8 Å². The van der Waals surface area contributed by atoms with Crippen molar-refractivity contribution in [3.8, 4) is 22.3 Å². The first-order valence-electron chi connectivity index (χ1n) is 12.7. The highest BCUT2D eigenvalue weighted by Crippen LogP contribution is 2.51. The summed E-state index contributed by atoms with van der Waals surface area (Å²) in [5, 5.41) is 0. The Morgan fingerprint density at radius 3 is 1.50 bits per heavy atom. The molecule has 4 aromatic carbocycles. The summed E-state index contributed by atoms with van der Waals surface area (Å²) in [4.78, 5) is 0. The molecule has 7 rings (SSSR count). The second kappa shape index (κ2) is 7.50. The van der Waals surface area contributed by atoms with Gasteiger partial charge in [-0.2, -0.15) is 0 Å². The van der Waals surface area contributed by atoms with Crippen LogP contribution in [0.15, 0.2) is 72.8 Å². The minimum Gasteiger partial charge on any atom is -0.398 e. The third-order valence-corrected chi connectivity index (χ3v) is 8.62. The SMILES string of the molecule is Nc1ccc2c(c1C1CCCC(c3c(N)ccc4c3Cc3ccccc3-4)C1)Cc1ccccc1-2. The third-order valence-electron chi connectivity index (χ3n) is 8.62. The molecule has 0 radical (unpaired) electrons. The van der Waals surface area contributed by atoms with Gasteiger partial charge in [-0.05, 0) is 112 Å². The van der Waals surface area contributed by atoms with Crippen LogP contribution in [0.3, 0.4) is 0 Å². The van der Waals surface area contributed by atoms with E-state index in [1.165, 1.54) is 74.9 Å². The van der Waals surface area contributed by atoms with Crippen LogP contribution in [0.25, 0.3) is 22.3 Å². The molecule has 4 N–H and O–H groups in total. The second-order valence-electron chi connectivity index (χ2n) is 10.4. The van der Waals surface area contributed by atoms with Crippen molar-refractivity contribution < 1.29 is 0 Å². The van der Waals surface area contributed by atoms with Crippen LogP contribution in [0, 0.1) is 0 Å². The first-order chi connectivity index (χ1) is 16.7. The standard InChI is InChI=1S/C32H30N2/c33-29-14-12-25-23-10-3-1-6-19(23)17-27(25)31(29)21-8-5-9-22(16-21)32-28-18-20-7-2-4-11-24(20)26(28)13-15-30(32)34/h1-4,6-7,10-15,21-22H,5,8-9,16-18,33-34H2. The van der Waals surface area contributed by atoms with Crippen LogP contribution >= 0.6 is 0 Å². The predicted molar refractivity (Wildman–Crippen MR) is 142 cm³/mol. The molecule has 2 unspecified atom stereocenters. The van der Waals surface area contributed by atoms with E-state index in [-0.39, 0.29) is 0 Å². The number of fused-ring (bicyclic) bond motifs is 6. The zero-order valence-electron chi connectivity index (χ0n) is 19.5. The highest BCUT2D eigenvalue weighted by molar-refractivity contribution is 5.82. The molecular weight excluding hydrogens is 412 g/mol. The number of rotatable bonds is 2. The molecule has 1 fully saturated rings. The fourth-order valence-corrected chi connectivity index (χ4v) is 7.18. The lowest BCUT2D eigenvalue weighted by Gasteiger charge is -2.33. The fourth-order valence-electron chi connectivity index (χ4n) is 7.18. The molecule has 2 heteroatoms. The number of anilines is 2. The van der Waals surface area contributed by atoms with E-state index in [9.17, 15) is 0 Å². The minimum atomic E-state index is 0.488. The summed E-state index contributed by atoms with van der Waals surface area (Å²) in [6.45, 7) is 0. The van der Waals surface area contributed by atoms with Crippen molar-refractivity contribution in [1.29, 1.82) is 0 Å². The molecule has 1 saturated carbocycles. The van der Waals surface area contributed by atoms with Gasteiger partial charge in [0.15, 0.2) is 0 Å². The van der Waals surface area contributed by atoms with Crippen LogP contribution in [0.5, 0.6) is 0 Å². The maximum absolute atomic E-state index is 6.70. The summed E-state index contributed by atoms with van der Waals surface area (Å²) in [6, 6.07) is 26.4. The third kappa shape index (κ3) is 2.88. The molecule has 2 nitrogen and oxygen atoms in total. The van der Waals surface area contributed by atoms with Gasteiger partial charge >= 0.3 is 0 Å². The number of hydrogen-bond acceptors (Lipinski definition) is 2. The van der Waals surface area contributed by atoms with E-state index < -0.39 is 0 Å². The Morgan fingerprint density at radius 1 is 0.529 bits per heavy atom. The van der Waals surface area contributed by atoms with Gasteiger partial charge in [0.05, 0.1) is 0 Å². The molecule has 0 heterocycles. The molecule has 2 atom stereocenters. The maximum atomic E-state index is 6.70. The highest BCUT2D eigenvalue weighted by atomic mass is 14.6. The predicted octanol–water partition coefficient (Wildman–Crippen LogP) is 7.43. The number of hydrogen-bond donors (Lipinski definition) is 2. The van der Waals surface area contributed by atoms with Crippen molar-refractivity contribution in [1.82, 2.24) is 0 Å². The lowest BCUT2D eigenvalue weighted by atomic mass is 9.72. The van der Waals surface area contributed by atoms with Crippen molar-refractivity contribution in [2.75, 3.05) is 11.5 Å². The van der Waals surface area contributed by atoms with Gasteiger partial charge in [-0.15, -0.1) is 0 Å². The number of nitrogen functional groups attached to an aromatic ring is 2. The van der Waals surface area contributed by atoms with E-state index in [0.29, 0.717) is 11.8 Å². The van der Waals surface area contributed by atoms with Crippen LogP contribution in [0.2, 0.25) is 0 Å². The average molecular weight is 443 g/mol. The van der Waals surface area contributed by atoms with Crippen LogP contribution in [0.4, 0.5) is 11.4 Å². The Kier molecular flexibility index (Phi) is 4.39. The Labute approximate surface area is 201 Å². The van der Waals surface area contributed by atoms with E-state index in [4.69, 9.17) is 11.5 Å². The summed E-state index contributed by atoms with van der Waals surface area (Å²) in [7, 11) is 0.